The Morgan fingerprint density at radius 1 is 1.40 bits per heavy atom. The smallest absolute Gasteiger partial charge is 0.239 e. The summed E-state index contributed by atoms with van der Waals surface area (Å²) in [5.74, 6) is 0.121. The van der Waals surface area contributed by atoms with Gasteiger partial charge in [-0.1, -0.05) is 0 Å². The van der Waals surface area contributed by atoms with Crippen molar-refractivity contribution in [1.29, 1.82) is 0 Å². The van der Waals surface area contributed by atoms with Gasteiger partial charge in [-0.05, 0) is 39.7 Å². The second-order valence-corrected chi connectivity index (χ2v) is 4.59. The van der Waals surface area contributed by atoms with E-state index in [-0.39, 0.29) is 18.1 Å². The molecule has 0 aromatic rings. The summed E-state index contributed by atoms with van der Waals surface area (Å²) in [6.45, 7) is 6.82. The molecule has 1 heterocycles. The number of carbonyl (C=O) groups excluding carboxylic acids is 1. The highest BCUT2D eigenvalue weighted by atomic mass is 16.2. The molecule has 4 nitrogen and oxygen atoms in total. The van der Waals surface area contributed by atoms with Gasteiger partial charge in [-0.3, -0.25) is 9.69 Å². The average Bonchev–Trinajstić information content (AvgIpc) is 2.19. The number of aliphatic hydroxyl groups is 1. The van der Waals surface area contributed by atoms with E-state index in [1.165, 1.54) is 0 Å². The van der Waals surface area contributed by atoms with Gasteiger partial charge in [0.05, 0.1) is 5.54 Å². The van der Waals surface area contributed by atoms with Crippen molar-refractivity contribution in [2.45, 2.75) is 38.6 Å². The molecule has 15 heavy (non-hydrogen) atoms. The van der Waals surface area contributed by atoms with Gasteiger partial charge >= 0.3 is 0 Å². The molecule has 4 heteroatoms. The number of nitrogens with zero attached hydrogens (tertiary/aromatic N) is 1. The molecule has 88 valence electrons. The largest absolute Gasteiger partial charge is 0.396 e. The highest BCUT2D eigenvalue weighted by Crippen LogP contribution is 2.18. The predicted molar refractivity (Wildman–Crippen MR) is 59.6 cm³/mol. The minimum absolute atomic E-state index is 0.121. The van der Waals surface area contributed by atoms with Crippen LogP contribution < -0.4 is 5.32 Å². The fourth-order valence-corrected chi connectivity index (χ4v) is 1.93. The standard InChI is InChI=1S/C11H22N2O2/c1-11(2)10(15)12-6-8-13(11)7-4-3-5-9-14/h14H,3-9H2,1-2H3,(H,12,15). The van der Waals surface area contributed by atoms with Gasteiger partial charge in [-0.2, -0.15) is 0 Å². The van der Waals surface area contributed by atoms with Gasteiger partial charge in [0.2, 0.25) is 5.91 Å². The lowest BCUT2D eigenvalue weighted by Crippen LogP contribution is -2.61. The molecule has 2 N–H and O–H groups in total. The van der Waals surface area contributed by atoms with Crippen LogP contribution >= 0.6 is 0 Å². The molecular weight excluding hydrogens is 192 g/mol. The summed E-state index contributed by atoms with van der Waals surface area (Å²) in [6.07, 6.45) is 2.95. The minimum Gasteiger partial charge on any atom is -0.396 e. The van der Waals surface area contributed by atoms with Gasteiger partial charge in [-0.15, -0.1) is 0 Å². The molecule has 1 rings (SSSR count). The van der Waals surface area contributed by atoms with E-state index in [0.717, 1.165) is 38.9 Å². The van der Waals surface area contributed by atoms with Crippen LogP contribution in [0.15, 0.2) is 0 Å². The molecule has 0 saturated carbocycles. The topological polar surface area (TPSA) is 52.6 Å². The van der Waals surface area contributed by atoms with Crippen molar-refractivity contribution in [2.75, 3.05) is 26.2 Å². The second kappa shape index (κ2) is 5.47. The van der Waals surface area contributed by atoms with Gasteiger partial charge < -0.3 is 10.4 Å². The van der Waals surface area contributed by atoms with Crippen LogP contribution in [-0.4, -0.2) is 47.7 Å². The quantitative estimate of drug-likeness (QED) is 0.650. The van der Waals surface area contributed by atoms with Crippen LogP contribution in [0.1, 0.15) is 33.1 Å². The second-order valence-electron chi connectivity index (χ2n) is 4.59. The fourth-order valence-electron chi connectivity index (χ4n) is 1.93. The van der Waals surface area contributed by atoms with Crippen LogP contribution in [0.5, 0.6) is 0 Å². The van der Waals surface area contributed by atoms with Crippen molar-refractivity contribution in [3.63, 3.8) is 0 Å². The number of aliphatic hydroxyl groups excluding tert-OH is 1. The van der Waals surface area contributed by atoms with Crippen LogP contribution in [0.3, 0.4) is 0 Å². The van der Waals surface area contributed by atoms with Crippen LogP contribution in [0, 0.1) is 0 Å². The van der Waals surface area contributed by atoms with E-state index in [9.17, 15) is 4.79 Å². The van der Waals surface area contributed by atoms with Gasteiger partial charge in [0.15, 0.2) is 0 Å². The molecule has 0 atom stereocenters. The van der Waals surface area contributed by atoms with Crippen molar-refractivity contribution in [2.24, 2.45) is 0 Å². The van der Waals surface area contributed by atoms with E-state index in [0.29, 0.717) is 0 Å². The SMILES string of the molecule is CC1(C)C(=O)NCCN1CCCCCO. The number of piperazine rings is 1. The van der Waals surface area contributed by atoms with E-state index in [1.807, 2.05) is 13.8 Å². The van der Waals surface area contributed by atoms with Crippen molar-refractivity contribution in [1.82, 2.24) is 10.2 Å². The fraction of sp³-hybridized carbons (Fsp3) is 0.909. The van der Waals surface area contributed by atoms with Gasteiger partial charge in [0.25, 0.3) is 0 Å². The maximum Gasteiger partial charge on any atom is 0.239 e. The van der Waals surface area contributed by atoms with E-state index in [1.54, 1.807) is 0 Å². The van der Waals surface area contributed by atoms with E-state index < -0.39 is 0 Å². The zero-order valence-corrected chi connectivity index (χ0v) is 9.75. The van der Waals surface area contributed by atoms with Gasteiger partial charge in [-0.25, -0.2) is 0 Å². The molecule has 0 aliphatic carbocycles. The zero-order chi connectivity index (χ0) is 11.3. The molecule has 0 aromatic carbocycles. The number of rotatable bonds is 5. The van der Waals surface area contributed by atoms with Crippen LogP contribution in [0.2, 0.25) is 0 Å². The highest BCUT2D eigenvalue weighted by Gasteiger charge is 2.36. The molecule has 1 aliphatic heterocycles. The summed E-state index contributed by atoms with van der Waals surface area (Å²) in [5, 5.41) is 11.6. The first-order valence-electron chi connectivity index (χ1n) is 5.73. The Balaban J connectivity index is 2.36. The Morgan fingerprint density at radius 3 is 2.80 bits per heavy atom. The Morgan fingerprint density at radius 2 is 2.13 bits per heavy atom. The molecule has 0 radical (unpaired) electrons. The van der Waals surface area contributed by atoms with Crippen molar-refractivity contribution in [3.8, 4) is 0 Å². The molecule has 0 aromatic heterocycles. The van der Waals surface area contributed by atoms with Crippen LogP contribution in [0.4, 0.5) is 0 Å². The summed E-state index contributed by atoms with van der Waals surface area (Å²) in [6, 6.07) is 0. The molecule has 1 fully saturated rings. The number of unbranched alkanes of at least 4 members (excludes halogenated alkanes) is 2. The van der Waals surface area contributed by atoms with Gasteiger partial charge in [0, 0.05) is 19.7 Å². The number of hydrogen-bond donors (Lipinski definition) is 2. The summed E-state index contributed by atoms with van der Waals surface area (Å²) >= 11 is 0. The molecular formula is C11H22N2O2. The van der Waals surface area contributed by atoms with Crippen molar-refractivity contribution < 1.29 is 9.90 Å². The molecule has 1 aliphatic rings. The Labute approximate surface area is 91.6 Å². The molecule has 0 unspecified atom stereocenters. The third kappa shape index (κ3) is 3.18. The first kappa shape index (κ1) is 12.5. The van der Waals surface area contributed by atoms with Crippen LogP contribution in [0.25, 0.3) is 0 Å². The molecule has 1 saturated heterocycles. The lowest BCUT2D eigenvalue weighted by molar-refractivity contribution is -0.135. The number of carbonyl (C=O) groups is 1. The third-order valence-corrected chi connectivity index (χ3v) is 3.10. The van der Waals surface area contributed by atoms with Crippen molar-refractivity contribution in [3.05, 3.63) is 0 Å². The first-order valence-corrected chi connectivity index (χ1v) is 5.73. The third-order valence-electron chi connectivity index (χ3n) is 3.10. The number of hydrogen-bond acceptors (Lipinski definition) is 3. The normalized spacial score (nSPS) is 21.4. The Hall–Kier alpha value is -0.610. The van der Waals surface area contributed by atoms with E-state index in [4.69, 9.17) is 5.11 Å². The maximum absolute atomic E-state index is 11.6. The summed E-state index contributed by atoms with van der Waals surface area (Å²) in [5.41, 5.74) is -0.378. The Kier molecular flexibility index (Phi) is 4.54. The Bertz CT molecular complexity index is 217. The van der Waals surface area contributed by atoms with Crippen molar-refractivity contribution >= 4 is 5.91 Å². The first-order chi connectivity index (χ1) is 7.09. The summed E-state index contributed by atoms with van der Waals surface area (Å²) in [4.78, 5) is 13.8. The monoisotopic (exact) mass is 214 g/mol. The summed E-state index contributed by atoms with van der Waals surface area (Å²) in [7, 11) is 0. The maximum atomic E-state index is 11.6. The zero-order valence-electron chi connectivity index (χ0n) is 9.75. The van der Waals surface area contributed by atoms with E-state index >= 15 is 0 Å². The predicted octanol–water partition coefficient (Wildman–Crippen LogP) is 0.359. The lowest BCUT2D eigenvalue weighted by Gasteiger charge is -2.41. The average molecular weight is 214 g/mol. The molecule has 1 amide bonds. The highest BCUT2D eigenvalue weighted by molar-refractivity contribution is 5.86. The lowest BCUT2D eigenvalue weighted by atomic mass is 9.98. The summed E-state index contributed by atoms with van der Waals surface area (Å²) < 4.78 is 0. The van der Waals surface area contributed by atoms with Gasteiger partial charge in [0.1, 0.15) is 0 Å². The molecule has 0 bridgehead atoms. The minimum atomic E-state index is -0.378. The van der Waals surface area contributed by atoms with E-state index in [2.05, 4.69) is 10.2 Å². The number of amides is 1. The molecule has 0 spiro atoms. The number of nitrogens with one attached hydrogen (secondary N) is 1. The van der Waals surface area contributed by atoms with Crippen LogP contribution in [-0.2, 0) is 4.79 Å².